The van der Waals surface area contributed by atoms with Crippen LogP contribution in [0.5, 0.6) is 0 Å². The second-order valence-electron chi connectivity index (χ2n) is 4.09. The zero-order valence-electron chi connectivity index (χ0n) is 10.4. The standard InChI is InChI=1S/C13H9BrF3N3S/c14-8-5-4-7(13(15,16)17)6-10(8)20-11-3-1-2-9(19-11)12(18)21/h1-6H,(H2,18,21)(H,19,20). The molecule has 0 bridgehead atoms. The molecule has 1 aromatic carbocycles. The first-order chi connectivity index (χ1) is 9.77. The third kappa shape index (κ3) is 3.92. The van der Waals surface area contributed by atoms with Crippen molar-refractivity contribution < 1.29 is 13.2 Å². The minimum absolute atomic E-state index is 0.113. The fourth-order valence-electron chi connectivity index (χ4n) is 1.58. The number of alkyl halides is 3. The van der Waals surface area contributed by atoms with E-state index < -0.39 is 11.7 Å². The fraction of sp³-hybridized carbons (Fsp3) is 0.0769. The Kier molecular flexibility index (Phi) is 4.48. The first-order valence-corrected chi connectivity index (χ1v) is 6.88. The van der Waals surface area contributed by atoms with Gasteiger partial charge >= 0.3 is 6.18 Å². The molecule has 1 aromatic heterocycles. The number of halogens is 4. The SMILES string of the molecule is NC(=S)c1cccc(Nc2cc(C(F)(F)F)ccc2Br)n1. The highest BCUT2D eigenvalue weighted by Gasteiger charge is 2.30. The predicted molar refractivity (Wildman–Crippen MR) is 82.6 cm³/mol. The largest absolute Gasteiger partial charge is 0.416 e. The number of pyridine rings is 1. The molecule has 1 heterocycles. The Hall–Kier alpha value is -1.67. The number of hydrogen-bond acceptors (Lipinski definition) is 3. The molecular weight excluding hydrogens is 367 g/mol. The summed E-state index contributed by atoms with van der Waals surface area (Å²) in [6.45, 7) is 0. The van der Waals surface area contributed by atoms with Crippen LogP contribution in [0.15, 0.2) is 40.9 Å². The number of rotatable bonds is 3. The van der Waals surface area contributed by atoms with Gasteiger partial charge in [-0.2, -0.15) is 13.2 Å². The second-order valence-corrected chi connectivity index (χ2v) is 5.38. The number of hydrogen-bond donors (Lipinski definition) is 2. The summed E-state index contributed by atoms with van der Waals surface area (Å²) >= 11 is 8.01. The number of anilines is 2. The van der Waals surface area contributed by atoms with Gasteiger partial charge in [0.15, 0.2) is 0 Å². The average Bonchev–Trinajstić information content (AvgIpc) is 2.40. The maximum atomic E-state index is 12.7. The Labute approximate surface area is 132 Å². The van der Waals surface area contributed by atoms with E-state index in [0.717, 1.165) is 12.1 Å². The van der Waals surface area contributed by atoms with E-state index in [1.165, 1.54) is 6.07 Å². The van der Waals surface area contributed by atoms with E-state index in [1.54, 1.807) is 18.2 Å². The summed E-state index contributed by atoms with van der Waals surface area (Å²) in [5.41, 5.74) is 5.35. The van der Waals surface area contributed by atoms with Crippen LogP contribution in [0.4, 0.5) is 24.7 Å². The second kappa shape index (κ2) is 5.98. The Balaban J connectivity index is 2.35. The molecule has 0 saturated carbocycles. The van der Waals surface area contributed by atoms with Gasteiger partial charge in [-0.3, -0.25) is 0 Å². The summed E-state index contributed by atoms with van der Waals surface area (Å²) in [5, 5.41) is 2.81. The molecule has 2 rings (SSSR count). The van der Waals surface area contributed by atoms with Crippen molar-refractivity contribution in [2.45, 2.75) is 6.18 Å². The molecule has 8 heteroatoms. The van der Waals surface area contributed by atoms with Gasteiger partial charge in [0.1, 0.15) is 10.8 Å². The Morgan fingerprint density at radius 3 is 2.57 bits per heavy atom. The molecule has 0 amide bonds. The minimum Gasteiger partial charge on any atom is -0.388 e. The van der Waals surface area contributed by atoms with Gasteiger partial charge in [0.05, 0.1) is 16.9 Å². The minimum atomic E-state index is -4.41. The van der Waals surface area contributed by atoms with Gasteiger partial charge in [-0.15, -0.1) is 0 Å². The van der Waals surface area contributed by atoms with E-state index in [9.17, 15) is 13.2 Å². The van der Waals surface area contributed by atoms with Crippen molar-refractivity contribution in [2.24, 2.45) is 5.73 Å². The molecule has 2 aromatic rings. The molecule has 21 heavy (non-hydrogen) atoms. The summed E-state index contributed by atoms with van der Waals surface area (Å²) < 4.78 is 38.6. The topological polar surface area (TPSA) is 50.9 Å². The molecule has 0 radical (unpaired) electrons. The normalized spacial score (nSPS) is 11.2. The highest BCUT2D eigenvalue weighted by Crippen LogP contribution is 2.34. The molecule has 3 nitrogen and oxygen atoms in total. The summed E-state index contributed by atoms with van der Waals surface area (Å²) in [4.78, 5) is 4.23. The van der Waals surface area contributed by atoms with Crippen molar-refractivity contribution in [3.63, 3.8) is 0 Å². The van der Waals surface area contributed by atoms with Gasteiger partial charge in [0.25, 0.3) is 0 Å². The van der Waals surface area contributed by atoms with Crippen LogP contribution in [0, 0.1) is 0 Å². The summed E-state index contributed by atoms with van der Waals surface area (Å²) in [6.07, 6.45) is -4.41. The number of nitrogens with two attached hydrogens (primary N) is 1. The smallest absolute Gasteiger partial charge is 0.388 e. The number of thiocarbonyl (C=S) groups is 1. The van der Waals surface area contributed by atoms with E-state index in [0.29, 0.717) is 16.0 Å². The third-order valence-electron chi connectivity index (χ3n) is 2.56. The highest BCUT2D eigenvalue weighted by atomic mass is 79.9. The molecule has 0 unspecified atom stereocenters. The summed E-state index contributed by atoms with van der Waals surface area (Å²) in [5.74, 6) is 0.348. The average molecular weight is 376 g/mol. The number of benzene rings is 1. The van der Waals surface area contributed by atoms with Crippen LogP contribution < -0.4 is 11.1 Å². The van der Waals surface area contributed by atoms with Crippen molar-refractivity contribution in [1.29, 1.82) is 0 Å². The van der Waals surface area contributed by atoms with E-state index in [1.807, 2.05) is 0 Å². The molecule has 0 saturated heterocycles. The zero-order chi connectivity index (χ0) is 15.6. The quantitative estimate of drug-likeness (QED) is 0.787. The summed E-state index contributed by atoms with van der Waals surface area (Å²) in [7, 11) is 0. The first-order valence-electron chi connectivity index (χ1n) is 5.68. The lowest BCUT2D eigenvalue weighted by molar-refractivity contribution is -0.137. The van der Waals surface area contributed by atoms with Crippen molar-refractivity contribution >= 4 is 44.6 Å². The van der Waals surface area contributed by atoms with Crippen molar-refractivity contribution in [3.05, 3.63) is 52.1 Å². The van der Waals surface area contributed by atoms with Gasteiger partial charge in [0.2, 0.25) is 0 Å². The highest BCUT2D eigenvalue weighted by molar-refractivity contribution is 9.10. The first kappa shape index (κ1) is 15.7. The number of nitrogens with zero attached hydrogens (tertiary/aromatic N) is 1. The van der Waals surface area contributed by atoms with Crippen LogP contribution in [0.3, 0.4) is 0 Å². The van der Waals surface area contributed by atoms with Gasteiger partial charge < -0.3 is 11.1 Å². The van der Waals surface area contributed by atoms with Crippen molar-refractivity contribution in [1.82, 2.24) is 4.98 Å². The molecule has 3 N–H and O–H groups in total. The van der Waals surface area contributed by atoms with Gasteiger partial charge in [0, 0.05) is 4.47 Å². The summed E-state index contributed by atoms with van der Waals surface area (Å²) in [6, 6.07) is 8.20. The molecular formula is C13H9BrF3N3S. The number of aromatic nitrogens is 1. The van der Waals surface area contributed by atoms with E-state index >= 15 is 0 Å². The molecule has 0 aliphatic heterocycles. The van der Waals surface area contributed by atoms with Gasteiger partial charge in [-0.1, -0.05) is 18.3 Å². The Bertz CT molecular complexity index is 689. The lowest BCUT2D eigenvalue weighted by atomic mass is 10.2. The van der Waals surface area contributed by atoms with Crippen LogP contribution in [-0.4, -0.2) is 9.97 Å². The van der Waals surface area contributed by atoms with Crippen molar-refractivity contribution in [2.75, 3.05) is 5.32 Å². The van der Waals surface area contributed by atoms with Crippen LogP contribution in [0.1, 0.15) is 11.3 Å². The van der Waals surface area contributed by atoms with E-state index in [4.69, 9.17) is 18.0 Å². The van der Waals surface area contributed by atoms with E-state index in [2.05, 4.69) is 26.2 Å². The molecule has 0 spiro atoms. The zero-order valence-corrected chi connectivity index (χ0v) is 12.8. The monoisotopic (exact) mass is 375 g/mol. The fourth-order valence-corrected chi connectivity index (χ4v) is 2.04. The van der Waals surface area contributed by atoms with Crippen molar-refractivity contribution in [3.8, 4) is 0 Å². The van der Waals surface area contributed by atoms with Crippen LogP contribution in [0.2, 0.25) is 0 Å². The lowest BCUT2D eigenvalue weighted by Gasteiger charge is -2.12. The molecule has 0 fully saturated rings. The lowest BCUT2D eigenvalue weighted by Crippen LogP contribution is -2.12. The predicted octanol–water partition coefficient (Wildman–Crippen LogP) is 4.24. The Morgan fingerprint density at radius 1 is 1.24 bits per heavy atom. The van der Waals surface area contributed by atoms with E-state index in [-0.39, 0.29) is 10.7 Å². The van der Waals surface area contributed by atoms with Crippen LogP contribution >= 0.6 is 28.1 Å². The molecule has 0 aliphatic carbocycles. The number of nitrogens with one attached hydrogen (secondary N) is 1. The van der Waals surface area contributed by atoms with Crippen LogP contribution in [0.25, 0.3) is 0 Å². The third-order valence-corrected chi connectivity index (χ3v) is 3.46. The molecule has 0 aliphatic rings. The maximum absolute atomic E-state index is 12.7. The van der Waals surface area contributed by atoms with Crippen LogP contribution in [-0.2, 0) is 6.18 Å². The van der Waals surface area contributed by atoms with Gasteiger partial charge in [-0.25, -0.2) is 4.98 Å². The molecule has 110 valence electrons. The Morgan fingerprint density at radius 2 is 1.95 bits per heavy atom. The maximum Gasteiger partial charge on any atom is 0.416 e. The molecule has 0 atom stereocenters. The van der Waals surface area contributed by atoms with Gasteiger partial charge in [-0.05, 0) is 46.3 Å².